The second-order valence-corrected chi connectivity index (χ2v) is 22.6. The molecule has 9 atom stereocenters. The molecule has 0 radical (unpaired) electrons. The zero-order valence-electron chi connectivity index (χ0n) is 45.7. The van der Waals surface area contributed by atoms with Crippen LogP contribution in [0.3, 0.4) is 0 Å². The third kappa shape index (κ3) is 19.6. The van der Waals surface area contributed by atoms with Gasteiger partial charge < -0.3 is 75.1 Å². The number of rotatable bonds is 21. The van der Waals surface area contributed by atoms with Crippen molar-refractivity contribution in [2.75, 3.05) is 31.1 Å². The number of carbonyl (C=O) groups excluding carboxylic acids is 10. The van der Waals surface area contributed by atoms with Crippen molar-refractivity contribution in [1.29, 1.82) is 0 Å². The van der Waals surface area contributed by atoms with Crippen LogP contribution >= 0.6 is 21.6 Å². The lowest BCUT2D eigenvalue weighted by Gasteiger charge is -2.28. The lowest BCUT2D eigenvalue weighted by atomic mass is 10.0. The van der Waals surface area contributed by atoms with E-state index in [1.807, 2.05) is 31.2 Å². The van der Waals surface area contributed by atoms with Gasteiger partial charge in [-0.15, -0.1) is 0 Å². The van der Waals surface area contributed by atoms with Gasteiger partial charge in [-0.2, -0.15) is 0 Å². The van der Waals surface area contributed by atoms with Gasteiger partial charge in [-0.25, -0.2) is 4.79 Å². The predicted octanol–water partition coefficient (Wildman–Crippen LogP) is -1.96. The van der Waals surface area contributed by atoms with Crippen LogP contribution in [0, 0.1) is 0 Å². The highest BCUT2D eigenvalue weighted by atomic mass is 33.1. The summed E-state index contributed by atoms with van der Waals surface area (Å²) in [6.45, 7) is 1.31. The Morgan fingerprint density at radius 1 is 0.711 bits per heavy atom. The van der Waals surface area contributed by atoms with Crippen molar-refractivity contribution in [3.8, 4) is 0 Å². The Balaban J connectivity index is 1.37. The molecule has 0 saturated carbocycles. The van der Waals surface area contributed by atoms with Crippen LogP contribution in [-0.4, -0.2) is 178 Å². The number of carboxylic acid groups (broad SMARTS) is 1. The van der Waals surface area contributed by atoms with E-state index >= 15 is 0 Å². The Hall–Kier alpha value is -8.41. The number of aryl methyl sites for hydroxylation is 1. The second kappa shape index (κ2) is 31.7. The van der Waals surface area contributed by atoms with Gasteiger partial charge in [-0.3, -0.25) is 62.8 Å². The van der Waals surface area contributed by atoms with E-state index in [4.69, 9.17) is 17.2 Å². The molecule has 1 unspecified atom stereocenters. The van der Waals surface area contributed by atoms with Gasteiger partial charge in [0.1, 0.15) is 54.9 Å². The summed E-state index contributed by atoms with van der Waals surface area (Å²) in [6.07, 6.45) is 3.62. The van der Waals surface area contributed by atoms with Gasteiger partial charge in [0.25, 0.3) is 5.91 Å². The SMILES string of the molecule is CCCC[C@@H]1NC(=O)N(CC(=O)N[C@H]2CSSC[C@@H](C(N)=O)NC(=O)[C@H](CCc3c[nH]c4ccccc34)NC(=O)[C@H](CCCN=C(N)N)NC(=O)[C@@H](Cc3ccccc3)NC(=O)[C@H](CC3CN=CN3)NC(=O)[C@H](CCC(=O)O)NC2=O)C1=O. The van der Waals surface area contributed by atoms with Crippen molar-refractivity contribution in [1.82, 2.24) is 57.7 Å². The number of primary amides is 1. The number of carboxylic acids is 1. The molecule has 30 heteroatoms. The number of imide groups is 1. The van der Waals surface area contributed by atoms with Gasteiger partial charge in [0.2, 0.25) is 47.3 Å². The number of urea groups is 1. The zero-order chi connectivity index (χ0) is 60.0. The first-order valence-electron chi connectivity index (χ1n) is 27.2. The number of amides is 11. The van der Waals surface area contributed by atoms with E-state index in [9.17, 15) is 57.8 Å². The van der Waals surface area contributed by atoms with Crippen LogP contribution in [0.15, 0.2) is 70.8 Å². The number of nitrogens with one attached hydrogen (secondary N) is 10. The number of benzene rings is 2. The maximum Gasteiger partial charge on any atom is 0.325 e. The summed E-state index contributed by atoms with van der Waals surface area (Å²) in [5.74, 6) is -10.2. The van der Waals surface area contributed by atoms with Crippen LogP contribution in [0.25, 0.3) is 10.9 Å². The number of aliphatic carboxylic acids is 1. The molecule has 28 nitrogen and oxygen atoms in total. The Morgan fingerprint density at radius 3 is 2.01 bits per heavy atom. The molecule has 1 aromatic heterocycles. The van der Waals surface area contributed by atoms with Gasteiger partial charge in [0.15, 0.2) is 5.96 Å². The quantitative estimate of drug-likeness (QED) is 0.0181. The monoisotopic (exact) mass is 1190 g/mol. The van der Waals surface area contributed by atoms with E-state index in [0.29, 0.717) is 23.3 Å². The minimum atomic E-state index is -1.68. The number of guanidine groups is 1. The number of nitrogens with two attached hydrogens (primary N) is 3. The summed E-state index contributed by atoms with van der Waals surface area (Å²) in [5.41, 5.74) is 19.2. The molecule has 448 valence electrons. The van der Waals surface area contributed by atoms with Gasteiger partial charge in [0.05, 0.1) is 12.9 Å². The Labute approximate surface area is 485 Å². The molecule has 0 spiro atoms. The third-order valence-electron chi connectivity index (χ3n) is 13.8. The van der Waals surface area contributed by atoms with Crippen LogP contribution in [0.5, 0.6) is 0 Å². The van der Waals surface area contributed by atoms with Gasteiger partial charge >= 0.3 is 12.0 Å². The maximum atomic E-state index is 14.7. The van der Waals surface area contributed by atoms with Gasteiger partial charge in [-0.05, 0) is 62.1 Å². The zero-order valence-corrected chi connectivity index (χ0v) is 47.3. The predicted molar refractivity (Wildman–Crippen MR) is 310 cm³/mol. The molecule has 83 heavy (non-hydrogen) atoms. The number of fused-ring (bicyclic) bond motifs is 1. The fourth-order valence-electron chi connectivity index (χ4n) is 9.28. The number of nitrogens with zero attached hydrogens (tertiary/aromatic N) is 3. The molecular weight excluding hydrogens is 1120 g/mol. The average molecular weight is 1190 g/mol. The Kier molecular flexibility index (Phi) is 24.4. The number of hydrogen-bond donors (Lipinski definition) is 14. The van der Waals surface area contributed by atoms with Crippen molar-refractivity contribution in [2.24, 2.45) is 27.2 Å². The van der Waals surface area contributed by atoms with E-state index in [1.54, 1.807) is 36.5 Å². The summed E-state index contributed by atoms with van der Waals surface area (Å²) in [4.78, 5) is 164. The molecule has 0 aliphatic carbocycles. The molecule has 11 amide bonds. The highest BCUT2D eigenvalue weighted by Gasteiger charge is 2.40. The smallest absolute Gasteiger partial charge is 0.325 e. The van der Waals surface area contributed by atoms with Crippen molar-refractivity contribution in [3.63, 3.8) is 0 Å². The molecule has 2 aromatic carbocycles. The molecule has 2 saturated heterocycles. The number of aromatic nitrogens is 1. The van der Waals surface area contributed by atoms with Crippen molar-refractivity contribution in [3.05, 3.63) is 71.9 Å². The van der Waals surface area contributed by atoms with E-state index in [2.05, 4.69) is 62.8 Å². The highest BCUT2D eigenvalue weighted by molar-refractivity contribution is 8.76. The average Bonchev–Trinajstić information content (AvgIpc) is 4.30. The normalized spacial score (nSPS) is 24.3. The number of aliphatic imine (C=N–C) groups is 2. The van der Waals surface area contributed by atoms with Crippen LogP contribution < -0.4 is 65.1 Å². The summed E-state index contributed by atoms with van der Waals surface area (Å²) in [7, 11) is 1.86. The van der Waals surface area contributed by atoms with Crippen molar-refractivity contribution < 1.29 is 57.8 Å². The number of unbranched alkanes of at least 4 members (excludes halogenated alkanes) is 1. The standard InChI is InChI=1S/C53H72N16O12S2/c1-2-3-13-37-51(80)69(53(81)68-37)25-42(70)61-41-27-83-82-26-40(44(54)73)67-47(76)35(17-16-30-23-59-33-14-8-7-12-32(30)33)63-45(74)34(15-9-20-58-52(55)56)62-48(77)38(21-29-10-5-4-6-11-29)65-49(78)39(22-31-24-57-28-60-31)66-46(75)36(64-50(41)79)18-19-43(71)72/h4-8,10-12,14,23,28,31,34-41,59H,2-3,9,13,15-22,24-27H2,1H3,(H2,54,73)(H,57,60)(H,61,70)(H,62,77)(H,63,74)(H,64,79)(H,65,78)(H,66,75)(H,67,76)(H,68,81)(H,71,72)(H4,55,56,58)/t31?,34-,35-,36-,37-,38+,39-,40-,41-/m0/s1. The number of carbonyl (C=O) groups is 11. The Bertz CT molecular complexity index is 2880. The first-order valence-corrected chi connectivity index (χ1v) is 29.7. The molecule has 17 N–H and O–H groups in total. The third-order valence-corrected chi connectivity index (χ3v) is 16.2. The molecule has 3 aliphatic rings. The van der Waals surface area contributed by atoms with Crippen LogP contribution in [0.2, 0.25) is 0 Å². The fraction of sp³-hybridized carbons (Fsp3) is 0.491. The van der Waals surface area contributed by atoms with E-state index in [-0.39, 0.29) is 69.1 Å². The maximum absolute atomic E-state index is 14.7. The van der Waals surface area contributed by atoms with Crippen LogP contribution in [0.4, 0.5) is 4.79 Å². The lowest BCUT2D eigenvalue weighted by Crippen LogP contribution is -2.61. The van der Waals surface area contributed by atoms with E-state index in [0.717, 1.165) is 44.5 Å². The van der Waals surface area contributed by atoms with Crippen LogP contribution in [0.1, 0.15) is 75.8 Å². The number of H-pyrrole nitrogens is 1. The molecule has 4 heterocycles. The van der Waals surface area contributed by atoms with Crippen molar-refractivity contribution in [2.45, 2.75) is 132 Å². The first-order chi connectivity index (χ1) is 39.8. The summed E-state index contributed by atoms with van der Waals surface area (Å²) in [5, 5.41) is 34.7. The minimum Gasteiger partial charge on any atom is -0.481 e. The molecule has 2 fully saturated rings. The van der Waals surface area contributed by atoms with E-state index in [1.165, 1.54) is 6.34 Å². The van der Waals surface area contributed by atoms with Crippen molar-refractivity contribution >= 4 is 110 Å². The summed E-state index contributed by atoms with van der Waals surface area (Å²) >= 11 is 0. The molecule has 3 aromatic rings. The lowest BCUT2D eigenvalue weighted by molar-refractivity contribution is -0.138. The molecule has 6 rings (SSSR count). The number of aromatic amines is 1. The van der Waals surface area contributed by atoms with Gasteiger partial charge in [-0.1, -0.05) is 89.9 Å². The summed E-state index contributed by atoms with van der Waals surface area (Å²) in [6, 6.07) is 3.43. The largest absolute Gasteiger partial charge is 0.481 e. The topological polar surface area (TPSA) is 438 Å². The molecule has 3 aliphatic heterocycles. The molecule has 0 bridgehead atoms. The number of hydrogen-bond acceptors (Lipinski definition) is 16. The van der Waals surface area contributed by atoms with Gasteiger partial charge in [0, 0.05) is 54.0 Å². The fourth-order valence-corrected chi connectivity index (χ4v) is 11.6. The second-order valence-electron chi connectivity index (χ2n) is 20.1. The Morgan fingerprint density at radius 2 is 1.33 bits per heavy atom. The van der Waals surface area contributed by atoms with Crippen LogP contribution in [-0.2, 0) is 60.8 Å². The summed E-state index contributed by atoms with van der Waals surface area (Å²) < 4.78 is 0. The first kappa shape index (κ1) is 63.8. The van der Waals surface area contributed by atoms with E-state index < -0.39 is 139 Å². The highest BCUT2D eigenvalue weighted by Crippen LogP contribution is 2.25. The minimum absolute atomic E-state index is 0.0316. The number of para-hydroxylation sites is 1. The molecular formula is C53H72N16O12S2.